The quantitative estimate of drug-likeness (QED) is 0.878. The van der Waals surface area contributed by atoms with Gasteiger partial charge >= 0.3 is 0 Å². The second kappa shape index (κ2) is 8.21. The summed E-state index contributed by atoms with van der Waals surface area (Å²) in [5.41, 5.74) is 0.607. The fourth-order valence-corrected chi connectivity index (χ4v) is 4.64. The summed E-state index contributed by atoms with van der Waals surface area (Å²) < 4.78 is 1.53. The van der Waals surface area contributed by atoms with Gasteiger partial charge in [-0.25, -0.2) is 4.98 Å². The molecule has 2 aliphatic heterocycles. The number of aryl methyl sites for hydroxylation is 1. The van der Waals surface area contributed by atoms with Gasteiger partial charge in [-0.15, -0.1) is 0 Å². The minimum Gasteiger partial charge on any atom is -0.356 e. The number of hydrogen-bond donors (Lipinski definition) is 1. The first-order valence-electron chi connectivity index (χ1n) is 10.2. The highest BCUT2D eigenvalue weighted by Gasteiger charge is 2.32. The molecule has 3 heterocycles. The van der Waals surface area contributed by atoms with Crippen LogP contribution in [0.5, 0.6) is 0 Å². The molecule has 2 aromatic rings. The Balaban J connectivity index is 1.31. The van der Waals surface area contributed by atoms with Crippen molar-refractivity contribution in [2.75, 3.05) is 19.6 Å². The van der Waals surface area contributed by atoms with Crippen molar-refractivity contribution < 1.29 is 4.79 Å². The summed E-state index contributed by atoms with van der Waals surface area (Å²) >= 11 is 0. The zero-order chi connectivity index (χ0) is 18.6. The van der Waals surface area contributed by atoms with Crippen LogP contribution in [0.2, 0.25) is 0 Å². The molecule has 27 heavy (non-hydrogen) atoms. The van der Waals surface area contributed by atoms with E-state index >= 15 is 0 Å². The lowest BCUT2D eigenvalue weighted by atomic mass is 9.83. The van der Waals surface area contributed by atoms with Crippen LogP contribution in [0.4, 0.5) is 0 Å². The normalized spacial score (nSPS) is 23.1. The van der Waals surface area contributed by atoms with Crippen LogP contribution in [-0.2, 0) is 11.3 Å². The fourth-order valence-electron chi connectivity index (χ4n) is 4.64. The Morgan fingerprint density at radius 3 is 2.93 bits per heavy atom. The summed E-state index contributed by atoms with van der Waals surface area (Å²) in [6.07, 6.45) is 8.16. The molecule has 4 rings (SSSR count). The van der Waals surface area contributed by atoms with Gasteiger partial charge < -0.3 is 10.2 Å². The number of carbonyl (C=O) groups excluding carboxylic acids is 1. The first kappa shape index (κ1) is 18.2. The number of nitrogens with zero attached hydrogens (tertiary/aromatic N) is 3. The van der Waals surface area contributed by atoms with Gasteiger partial charge in [-0.2, -0.15) is 0 Å². The van der Waals surface area contributed by atoms with Crippen LogP contribution in [-0.4, -0.2) is 46.0 Å². The summed E-state index contributed by atoms with van der Waals surface area (Å²) in [5, 5.41) is 3.71. The SMILES string of the molecule is O=C(CCn1cnc2ccccc2c1=O)NC[C@@H]1CCCN2CCCC[C@H]12. The average Bonchev–Trinajstić information content (AvgIpc) is 2.72. The summed E-state index contributed by atoms with van der Waals surface area (Å²) in [6.45, 7) is 3.55. The van der Waals surface area contributed by atoms with Crippen molar-refractivity contribution in [2.45, 2.75) is 51.1 Å². The predicted octanol–water partition coefficient (Wildman–Crippen LogP) is 2.17. The van der Waals surface area contributed by atoms with Crippen LogP contribution in [0.1, 0.15) is 38.5 Å². The highest BCUT2D eigenvalue weighted by molar-refractivity contribution is 5.77. The van der Waals surface area contributed by atoms with Crippen LogP contribution < -0.4 is 10.9 Å². The number of amides is 1. The Bertz CT molecular complexity index is 861. The van der Waals surface area contributed by atoms with Gasteiger partial charge in [0.25, 0.3) is 5.56 Å². The molecule has 0 radical (unpaired) electrons. The van der Waals surface area contributed by atoms with E-state index in [0.29, 0.717) is 35.8 Å². The number of carbonyl (C=O) groups is 1. The molecule has 6 heteroatoms. The molecule has 0 aliphatic carbocycles. The van der Waals surface area contributed by atoms with Gasteiger partial charge in [0.1, 0.15) is 0 Å². The van der Waals surface area contributed by atoms with Gasteiger partial charge in [-0.3, -0.25) is 14.2 Å². The number of fused-ring (bicyclic) bond motifs is 2. The summed E-state index contributed by atoms with van der Waals surface area (Å²) in [7, 11) is 0. The number of para-hydroxylation sites is 1. The molecule has 0 unspecified atom stereocenters. The zero-order valence-corrected chi connectivity index (χ0v) is 15.8. The van der Waals surface area contributed by atoms with E-state index in [1.54, 1.807) is 12.4 Å². The molecular formula is C21H28N4O2. The Morgan fingerprint density at radius 2 is 2.00 bits per heavy atom. The van der Waals surface area contributed by atoms with E-state index in [-0.39, 0.29) is 11.5 Å². The Labute approximate surface area is 159 Å². The topological polar surface area (TPSA) is 67.2 Å². The molecule has 0 bridgehead atoms. The molecule has 2 atom stereocenters. The molecule has 2 aliphatic rings. The smallest absolute Gasteiger partial charge is 0.261 e. The maximum atomic E-state index is 12.5. The van der Waals surface area contributed by atoms with E-state index in [2.05, 4.69) is 15.2 Å². The highest BCUT2D eigenvalue weighted by atomic mass is 16.1. The zero-order valence-electron chi connectivity index (χ0n) is 15.8. The van der Waals surface area contributed by atoms with Crippen LogP contribution in [0.15, 0.2) is 35.4 Å². The van der Waals surface area contributed by atoms with Crippen molar-refractivity contribution in [3.05, 3.63) is 40.9 Å². The van der Waals surface area contributed by atoms with Crippen LogP contribution >= 0.6 is 0 Å². The van der Waals surface area contributed by atoms with E-state index in [1.165, 1.54) is 49.8 Å². The van der Waals surface area contributed by atoms with Gasteiger partial charge in [0.15, 0.2) is 0 Å². The molecule has 1 amide bonds. The van der Waals surface area contributed by atoms with Crippen molar-refractivity contribution in [2.24, 2.45) is 5.92 Å². The molecular weight excluding hydrogens is 340 g/mol. The molecule has 1 aromatic carbocycles. The van der Waals surface area contributed by atoms with Crippen molar-refractivity contribution >= 4 is 16.8 Å². The van der Waals surface area contributed by atoms with Gasteiger partial charge in [0.05, 0.1) is 17.2 Å². The molecule has 0 saturated carbocycles. The largest absolute Gasteiger partial charge is 0.356 e. The Kier molecular flexibility index (Phi) is 5.53. The van der Waals surface area contributed by atoms with E-state index < -0.39 is 0 Å². The summed E-state index contributed by atoms with van der Waals surface area (Å²) in [4.78, 5) is 31.7. The number of rotatable bonds is 5. The number of hydrogen-bond acceptors (Lipinski definition) is 4. The van der Waals surface area contributed by atoms with E-state index in [9.17, 15) is 9.59 Å². The van der Waals surface area contributed by atoms with Crippen LogP contribution in [0.3, 0.4) is 0 Å². The molecule has 1 N–H and O–H groups in total. The molecule has 2 saturated heterocycles. The summed E-state index contributed by atoms with van der Waals surface area (Å²) in [5.74, 6) is 0.580. The van der Waals surface area contributed by atoms with Crippen molar-refractivity contribution in [1.82, 2.24) is 19.8 Å². The lowest BCUT2D eigenvalue weighted by molar-refractivity contribution is -0.121. The Hall–Kier alpha value is -2.21. The number of aromatic nitrogens is 2. The molecule has 144 valence electrons. The lowest BCUT2D eigenvalue weighted by Gasteiger charge is -2.44. The number of benzene rings is 1. The molecule has 1 aromatic heterocycles. The van der Waals surface area contributed by atoms with Gasteiger partial charge in [-0.1, -0.05) is 18.6 Å². The van der Waals surface area contributed by atoms with Gasteiger partial charge in [-0.05, 0) is 56.8 Å². The third kappa shape index (κ3) is 4.05. The molecule has 2 fully saturated rings. The van der Waals surface area contributed by atoms with E-state index in [1.807, 2.05) is 18.2 Å². The lowest BCUT2D eigenvalue weighted by Crippen LogP contribution is -2.51. The Morgan fingerprint density at radius 1 is 1.15 bits per heavy atom. The predicted molar refractivity (Wildman–Crippen MR) is 106 cm³/mol. The van der Waals surface area contributed by atoms with Gasteiger partial charge in [0.2, 0.25) is 5.91 Å². The number of nitrogens with one attached hydrogen (secondary N) is 1. The number of piperidine rings is 2. The molecule has 0 spiro atoms. The third-order valence-electron chi connectivity index (χ3n) is 6.10. The van der Waals surface area contributed by atoms with Crippen molar-refractivity contribution in [3.63, 3.8) is 0 Å². The van der Waals surface area contributed by atoms with Gasteiger partial charge in [0, 0.05) is 25.6 Å². The highest BCUT2D eigenvalue weighted by Crippen LogP contribution is 2.30. The minimum absolute atomic E-state index is 0.0167. The maximum Gasteiger partial charge on any atom is 0.261 e. The third-order valence-corrected chi connectivity index (χ3v) is 6.10. The summed E-state index contributed by atoms with van der Waals surface area (Å²) in [6, 6.07) is 7.94. The van der Waals surface area contributed by atoms with E-state index in [4.69, 9.17) is 0 Å². The first-order chi connectivity index (χ1) is 13.2. The van der Waals surface area contributed by atoms with Crippen LogP contribution in [0, 0.1) is 5.92 Å². The fraction of sp³-hybridized carbons (Fsp3) is 0.571. The second-order valence-corrected chi connectivity index (χ2v) is 7.82. The maximum absolute atomic E-state index is 12.5. The minimum atomic E-state index is -0.0847. The van der Waals surface area contributed by atoms with E-state index in [0.717, 1.165) is 6.54 Å². The van der Waals surface area contributed by atoms with Crippen molar-refractivity contribution in [3.8, 4) is 0 Å². The standard InChI is InChI=1S/C21H28N4O2/c26-20(22-14-16-6-5-12-24-11-4-3-9-19(16)24)10-13-25-15-23-18-8-2-1-7-17(18)21(25)27/h1-2,7-8,15-16,19H,3-6,9-14H2,(H,22,26)/t16-,19+/m0/s1. The molecule has 6 nitrogen and oxygen atoms in total. The van der Waals surface area contributed by atoms with Crippen LogP contribution in [0.25, 0.3) is 10.9 Å². The monoisotopic (exact) mass is 368 g/mol. The van der Waals surface area contributed by atoms with Crippen molar-refractivity contribution in [1.29, 1.82) is 0 Å². The first-order valence-corrected chi connectivity index (χ1v) is 10.2. The average molecular weight is 368 g/mol. The second-order valence-electron chi connectivity index (χ2n) is 7.82.